The van der Waals surface area contributed by atoms with Crippen LogP contribution in [-0.2, 0) is 0 Å². The van der Waals surface area contributed by atoms with Crippen LogP contribution >= 0.6 is 11.6 Å². The molecule has 0 N–H and O–H groups in total. The number of hydrogen-bond donors (Lipinski definition) is 0. The van der Waals surface area contributed by atoms with E-state index in [0.29, 0.717) is 5.15 Å². The second-order valence-electron chi connectivity index (χ2n) is 5.63. The molecule has 0 spiro atoms. The monoisotopic (exact) mass is 300 g/mol. The van der Waals surface area contributed by atoms with Gasteiger partial charge < -0.3 is 14.2 Å². The minimum atomic E-state index is 0.558. The molecule has 0 saturated carbocycles. The van der Waals surface area contributed by atoms with E-state index in [1.165, 1.54) is 5.69 Å². The molecular formula is C16H17ClN4. The van der Waals surface area contributed by atoms with Gasteiger partial charge >= 0.3 is 0 Å². The summed E-state index contributed by atoms with van der Waals surface area (Å²) in [6, 6.07) is 10.5. The van der Waals surface area contributed by atoms with E-state index in [1.807, 2.05) is 18.3 Å². The van der Waals surface area contributed by atoms with Crippen LogP contribution in [0.2, 0.25) is 5.15 Å². The van der Waals surface area contributed by atoms with Crippen molar-refractivity contribution in [3.05, 3.63) is 41.7 Å². The molecule has 0 atom stereocenters. The Kier molecular flexibility index (Phi) is 3.01. The molecule has 0 aliphatic carbocycles. The summed E-state index contributed by atoms with van der Waals surface area (Å²) in [7, 11) is 2.17. The average Bonchev–Trinajstić information content (AvgIpc) is 2.98. The lowest BCUT2D eigenvalue weighted by Crippen LogP contribution is -2.44. The lowest BCUT2D eigenvalue weighted by molar-refractivity contribution is 0.313. The quantitative estimate of drug-likeness (QED) is 0.690. The van der Waals surface area contributed by atoms with Gasteiger partial charge in [-0.2, -0.15) is 0 Å². The van der Waals surface area contributed by atoms with Crippen LogP contribution in [0, 0.1) is 0 Å². The van der Waals surface area contributed by atoms with Crippen molar-refractivity contribution in [3.8, 4) is 0 Å². The first-order chi connectivity index (χ1) is 10.2. The normalized spacial score (nSPS) is 17.0. The Balaban J connectivity index is 1.81. The number of halogens is 1. The molecule has 4 rings (SSSR count). The largest absolute Gasteiger partial charge is 0.369 e. The van der Waals surface area contributed by atoms with E-state index in [9.17, 15) is 0 Å². The molecule has 0 amide bonds. The van der Waals surface area contributed by atoms with Crippen molar-refractivity contribution in [1.82, 2.24) is 14.3 Å². The van der Waals surface area contributed by atoms with Crippen LogP contribution in [0.4, 0.5) is 5.69 Å². The number of piperazine rings is 1. The number of anilines is 1. The molecule has 108 valence electrons. The maximum absolute atomic E-state index is 6.28. The summed E-state index contributed by atoms with van der Waals surface area (Å²) in [5, 5.41) is 0.558. The summed E-state index contributed by atoms with van der Waals surface area (Å²) in [4.78, 5) is 9.32. The fraction of sp³-hybridized carbons (Fsp3) is 0.312. The SMILES string of the molecule is CN1CCN(c2ccc3c(c2)nc(Cl)c2cccn23)CC1. The number of hydrogen-bond acceptors (Lipinski definition) is 3. The number of benzene rings is 1. The Morgan fingerprint density at radius 2 is 1.86 bits per heavy atom. The van der Waals surface area contributed by atoms with Crippen molar-refractivity contribution in [3.63, 3.8) is 0 Å². The minimum absolute atomic E-state index is 0.558. The molecule has 1 aromatic carbocycles. The van der Waals surface area contributed by atoms with Gasteiger partial charge in [0.05, 0.1) is 16.6 Å². The maximum Gasteiger partial charge on any atom is 0.153 e. The Morgan fingerprint density at radius 1 is 1.05 bits per heavy atom. The minimum Gasteiger partial charge on any atom is -0.369 e. The van der Waals surface area contributed by atoms with Gasteiger partial charge in [0.2, 0.25) is 0 Å². The zero-order valence-corrected chi connectivity index (χ0v) is 12.7. The first-order valence-corrected chi connectivity index (χ1v) is 7.60. The number of aromatic nitrogens is 2. The summed E-state index contributed by atoms with van der Waals surface area (Å²) in [6.07, 6.45) is 2.03. The number of fused-ring (bicyclic) bond motifs is 3. The molecule has 0 unspecified atom stereocenters. The lowest BCUT2D eigenvalue weighted by atomic mass is 10.2. The Labute approximate surface area is 128 Å². The molecule has 1 aliphatic rings. The number of likely N-dealkylation sites (N-methyl/N-ethyl adjacent to an activating group) is 1. The van der Waals surface area contributed by atoms with Gasteiger partial charge in [-0.25, -0.2) is 4.98 Å². The Hall–Kier alpha value is -1.78. The van der Waals surface area contributed by atoms with Gasteiger partial charge in [0.25, 0.3) is 0 Å². The van der Waals surface area contributed by atoms with E-state index in [1.54, 1.807) is 0 Å². The fourth-order valence-corrected chi connectivity index (χ4v) is 3.23. The second kappa shape index (κ2) is 4.90. The van der Waals surface area contributed by atoms with Crippen LogP contribution in [0.3, 0.4) is 0 Å². The lowest BCUT2D eigenvalue weighted by Gasteiger charge is -2.34. The molecular weight excluding hydrogens is 284 g/mol. The van der Waals surface area contributed by atoms with Crippen molar-refractivity contribution < 1.29 is 0 Å². The molecule has 21 heavy (non-hydrogen) atoms. The Bertz CT molecular complexity index is 802. The van der Waals surface area contributed by atoms with Gasteiger partial charge in [0, 0.05) is 38.1 Å². The summed E-state index contributed by atoms with van der Waals surface area (Å²) >= 11 is 6.28. The first kappa shape index (κ1) is 12.9. The van der Waals surface area contributed by atoms with Crippen LogP contribution in [0.5, 0.6) is 0 Å². The van der Waals surface area contributed by atoms with E-state index < -0.39 is 0 Å². The predicted octanol–water partition coefficient (Wildman–Crippen LogP) is 2.89. The standard InChI is InChI=1S/C16H17ClN4/c1-19-7-9-20(10-8-19)12-4-5-14-13(11-12)18-16(17)15-3-2-6-21(14)15/h2-6,11H,7-10H2,1H3. The van der Waals surface area contributed by atoms with Gasteiger partial charge in [-0.05, 0) is 37.4 Å². The van der Waals surface area contributed by atoms with Crippen molar-refractivity contribution in [2.45, 2.75) is 0 Å². The molecule has 3 heterocycles. The van der Waals surface area contributed by atoms with Crippen LogP contribution in [0.15, 0.2) is 36.5 Å². The molecule has 2 aromatic heterocycles. The summed E-state index contributed by atoms with van der Waals surface area (Å²) in [6.45, 7) is 4.31. The third kappa shape index (κ3) is 2.15. The molecule has 1 saturated heterocycles. The van der Waals surface area contributed by atoms with Crippen LogP contribution in [0.25, 0.3) is 16.6 Å². The van der Waals surface area contributed by atoms with E-state index in [0.717, 1.165) is 42.7 Å². The zero-order chi connectivity index (χ0) is 14.4. The zero-order valence-electron chi connectivity index (χ0n) is 12.0. The van der Waals surface area contributed by atoms with Crippen molar-refractivity contribution >= 4 is 33.8 Å². The van der Waals surface area contributed by atoms with Crippen LogP contribution in [0.1, 0.15) is 0 Å². The highest BCUT2D eigenvalue weighted by Crippen LogP contribution is 2.26. The average molecular weight is 301 g/mol. The van der Waals surface area contributed by atoms with E-state index in [2.05, 4.69) is 44.4 Å². The molecule has 1 fully saturated rings. The maximum atomic E-state index is 6.28. The fourth-order valence-electron chi connectivity index (χ4n) is 2.99. The molecule has 4 nitrogen and oxygen atoms in total. The van der Waals surface area contributed by atoms with Gasteiger partial charge in [-0.3, -0.25) is 0 Å². The highest BCUT2D eigenvalue weighted by Gasteiger charge is 2.15. The number of nitrogens with zero attached hydrogens (tertiary/aromatic N) is 4. The molecule has 3 aromatic rings. The molecule has 5 heteroatoms. The van der Waals surface area contributed by atoms with Crippen LogP contribution in [-0.4, -0.2) is 47.5 Å². The van der Waals surface area contributed by atoms with E-state index in [-0.39, 0.29) is 0 Å². The smallest absolute Gasteiger partial charge is 0.153 e. The highest BCUT2D eigenvalue weighted by atomic mass is 35.5. The summed E-state index contributed by atoms with van der Waals surface area (Å²) < 4.78 is 2.10. The topological polar surface area (TPSA) is 23.8 Å². The second-order valence-corrected chi connectivity index (χ2v) is 5.99. The summed E-state index contributed by atoms with van der Waals surface area (Å²) in [5.74, 6) is 0. The third-order valence-electron chi connectivity index (χ3n) is 4.27. The van der Waals surface area contributed by atoms with E-state index in [4.69, 9.17) is 11.6 Å². The predicted molar refractivity (Wildman–Crippen MR) is 87.4 cm³/mol. The van der Waals surface area contributed by atoms with E-state index >= 15 is 0 Å². The van der Waals surface area contributed by atoms with Gasteiger partial charge in [-0.15, -0.1) is 0 Å². The van der Waals surface area contributed by atoms with Crippen molar-refractivity contribution in [2.75, 3.05) is 38.1 Å². The molecule has 0 radical (unpaired) electrons. The van der Waals surface area contributed by atoms with Gasteiger partial charge in [0.1, 0.15) is 0 Å². The number of rotatable bonds is 1. The van der Waals surface area contributed by atoms with Gasteiger partial charge in [-0.1, -0.05) is 11.6 Å². The Morgan fingerprint density at radius 3 is 2.67 bits per heavy atom. The third-order valence-corrected chi connectivity index (χ3v) is 4.54. The summed E-state index contributed by atoms with van der Waals surface area (Å²) in [5.41, 5.74) is 4.22. The molecule has 0 bridgehead atoms. The molecule has 1 aliphatic heterocycles. The first-order valence-electron chi connectivity index (χ1n) is 7.22. The van der Waals surface area contributed by atoms with Crippen molar-refractivity contribution in [2.24, 2.45) is 0 Å². The van der Waals surface area contributed by atoms with Crippen molar-refractivity contribution in [1.29, 1.82) is 0 Å². The van der Waals surface area contributed by atoms with Gasteiger partial charge in [0.15, 0.2) is 5.15 Å². The van der Waals surface area contributed by atoms with Crippen LogP contribution < -0.4 is 4.90 Å². The highest BCUT2D eigenvalue weighted by molar-refractivity contribution is 6.33.